The molecule has 0 saturated carbocycles. The number of rotatable bonds is 4. The lowest BCUT2D eigenvalue weighted by Gasteiger charge is -2.02. The van der Waals surface area contributed by atoms with Gasteiger partial charge in [-0.3, -0.25) is 0 Å². The molecule has 0 atom stereocenters. The van der Waals surface area contributed by atoms with Gasteiger partial charge in [0.05, 0.1) is 4.47 Å². The third-order valence-electron chi connectivity index (χ3n) is 3.69. The molecule has 0 aliphatic rings. The lowest BCUT2D eigenvalue weighted by molar-refractivity contribution is -0.697. The summed E-state index contributed by atoms with van der Waals surface area (Å²) in [6, 6.07) is 8.28. The standard InChI is InChI=1S/C18H20BrN2O/c1-4-7-21-10-14(8-15(19)11-21)18-20-16-9-13(12(2)3)5-6-17(16)22-18/h5-6,8-12H,4,7H2,1-3H3/q+1. The van der Waals surface area contributed by atoms with Crippen molar-refractivity contribution >= 4 is 27.0 Å². The maximum atomic E-state index is 5.93. The van der Waals surface area contributed by atoms with E-state index in [9.17, 15) is 0 Å². The molecule has 0 aliphatic carbocycles. The van der Waals surface area contributed by atoms with Gasteiger partial charge in [-0.2, -0.15) is 0 Å². The van der Waals surface area contributed by atoms with Gasteiger partial charge >= 0.3 is 0 Å². The van der Waals surface area contributed by atoms with Crippen molar-refractivity contribution in [3.05, 3.63) is 46.7 Å². The van der Waals surface area contributed by atoms with Gasteiger partial charge in [-0.15, -0.1) is 0 Å². The highest BCUT2D eigenvalue weighted by atomic mass is 79.9. The Hall–Kier alpha value is -1.68. The van der Waals surface area contributed by atoms with E-state index in [0.717, 1.165) is 34.1 Å². The Balaban J connectivity index is 2.06. The van der Waals surface area contributed by atoms with Crippen molar-refractivity contribution in [3.63, 3.8) is 0 Å². The highest BCUT2D eigenvalue weighted by Crippen LogP contribution is 2.27. The monoisotopic (exact) mass is 359 g/mol. The summed E-state index contributed by atoms with van der Waals surface area (Å²) in [4.78, 5) is 4.67. The van der Waals surface area contributed by atoms with Crippen molar-refractivity contribution in [3.8, 4) is 11.5 Å². The van der Waals surface area contributed by atoms with Crippen molar-refractivity contribution in [2.45, 2.75) is 39.7 Å². The van der Waals surface area contributed by atoms with Crippen LogP contribution >= 0.6 is 15.9 Å². The summed E-state index contributed by atoms with van der Waals surface area (Å²) in [7, 11) is 0. The molecular formula is C18H20BrN2O+. The Bertz CT molecular complexity index is 808. The van der Waals surface area contributed by atoms with Crippen molar-refractivity contribution in [2.24, 2.45) is 0 Å². The maximum Gasteiger partial charge on any atom is 0.233 e. The number of hydrogen-bond acceptors (Lipinski definition) is 2. The number of hydrogen-bond donors (Lipinski definition) is 0. The minimum atomic E-state index is 0.488. The van der Waals surface area contributed by atoms with Crippen LogP contribution in [0.1, 0.15) is 38.7 Å². The molecule has 114 valence electrons. The predicted octanol–water partition coefficient (Wildman–Crippen LogP) is 5.08. The van der Waals surface area contributed by atoms with Crippen molar-refractivity contribution in [1.82, 2.24) is 4.98 Å². The van der Waals surface area contributed by atoms with Gasteiger partial charge in [0.25, 0.3) is 0 Å². The highest BCUT2D eigenvalue weighted by molar-refractivity contribution is 9.10. The first-order valence-corrected chi connectivity index (χ1v) is 8.46. The molecule has 0 amide bonds. The summed E-state index contributed by atoms with van der Waals surface area (Å²) in [5.74, 6) is 1.16. The first-order valence-electron chi connectivity index (χ1n) is 7.67. The minimum Gasteiger partial charge on any atom is -0.436 e. The van der Waals surface area contributed by atoms with Crippen LogP contribution in [0.5, 0.6) is 0 Å². The summed E-state index contributed by atoms with van der Waals surface area (Å²) in [6.45, 7) is 7.51. The van der Waals surface area contributed by atoms with Crippen LogP contribution in [0.2, 0.25) is 0 Å². The van der Waals surface area contributed by atoms with Crippen LogP contribution in [0.25, 0.3) is 22.6 Å². The molecule has 0 saturated heterocycles. The first kappa shape index (κ1) is 15.2. The summed E-state index contributed by atoms with van der Waals surface area (Å²) in [5, 5.41) is 0. The van der Waals surface area contributed by atoms with Crippen LogP contribution < -0.4 is 4.57 Å². The molecule has 2 aromatic heterocycles. The lowest BCUT2D eigenvalue weighted by atomic mass is 10.0. The van der Waals surface area contributed by atoms with Gasteiger partial charge in [0.2, 0.25) is 5.89 Å². The number of fused-ring (bicyclic) bond motifs is 1. The number of benzene rings is 1. The fourth-order valence-electron chi connectivity index (χ4n) is 2.53. The van der Waals surface area contributed by atoms with Gasteiger partial charge in [-0.1, -0.05) is 26.8 Å². The number of pyridine rings is 1. The Labute approximate surface area is 139 Å². The molecule has 0 fully saturated rings. The van der Waals surface area contributed by atoms with Crippen LogP contribution in [-0.2, 0) is 6.54 Å². The van der Waals surface area contributed by atoms with Crippen LogP contribution in [0.3, 0.4) is 0 Å². The molecule has 1 aromatic carbocycles. The Morgan fingerprint density at radius 1 is 1.23 bits per heavy atom. The van der Waals surface area contributed by atoms with E-state index in [2.05, 4.69) is 70.8 Å². The number of halogens is 1. The minimum absolute atomic E-state index is 0.488. The maximum absolute atomic E-state index is 5.93. The molecule has 22 heavy (non-hydrogen) atoms. The largest absolute Gasteiger partial charge is 0.436 e. The van der Waals surface area contributed by atoms with E-state index in [4.69, 9.17) is 4.42 Å². The van der Waals surface area contributed by atoms with Gasteiger partial charge in [-0.25, -0.2) is 9.55 Å². The zero-order chi connectivity index (χ0) is 15.7. The molecule has 4 heteroatoms. The third kappa shape index (κ3) is 3.07. The van der Waals surface area contributed by atoms with Crippen LogP contribution in [-0.4, -0.2) is 4.98 Å². The van der Waals surface area contributed by atoms with Gasteiger partial charge in [0, 0.05) is 6.42 Å². The van der Waals surface area contributed by atoms with E-state index >= 15 is 0 Å². The van der Waals surface area contributed by atoms with Crippen molar-refractivity contribution < 1.29 is 8.98 Å². The quantitative estimate of drug-likeness (QED) is 0.608. The Morgan fingerprint density at radius 2 is 2.05 bits per heavy atom. The zero-order valence-electron chi connectivity index (χ0n) is 13.1. The zero-order valence-corrected chi connectivity index (χ0v) is 14.7. The van der Waals surface area contributed by atoms with E-state index < -0.39 is 0 Å². The second kappa shape index (κ2) is 6.21. The molecule has 0 spiro atoms. The van der Waals surface area contributed by atoms with E-state index in [1.165, 1.54) is 5.56 Å². The van der Waals surface area contributed by atoms with Crippen LogP contribution in [0.15, 0.2) is 45.5 Å². The first-order chi connectivity index (χ1) is 10.6. The van der Waals surface area contributed by atoms with Gasteiger partial charge < -0.3 is 4.42 Å². The molecule has 0 unspecified atom stereocenters. The summed E-state index contributed by atoms with van der Waals surface area (Å²) in [6.07, 6.45) is 5.25. The summed E-state index contributed by atoms with van der Waals surface area (Å²) in [5.41, 5.74) is 4.03. The van der Waals surface area contributed by atoms with Crippen molar-refractivity contribution in [2.75, 3.05) is 0 Å². The number of aryl methyl sites for hydroxylation is 1. The molecular weight excluding hydrogens is 340 g/mol. The van der Waals surface area contributed by atoms with Gasteiger partial charge in [0.15, 0.2) is 18.0 Å². The number of aromatic nitrogens is 2. The normalized spacial score (nSPS) is 11.5. The highest BCUT2D eigenvalue weighted by Gasteiger charge is 2.14. The molecule has 3 rings (SSSR count). The van der Waals surface area contributed by atoms with E-state index in [-0.39, 0.29) is 0 Å². The number of oxazole rings is 1. The Morgan fingerprint density at radius 3 is 2.77 bits per heavy atom. The van der Waals surface area contributed by atoms with Crippen LogP contribution in [0, 0.1) is 0 Å². The molecule has 2 heterocycles. The molecule has 0 N–H and O–H groups in total. The molecule has 3 nitrogen and oxygen atoms in total. The van der Waals surface area contributed by atoms with E-state index in [0.29, 0.717) is 11.8 Å². The molecule has 0 bridgehead atoms. The second-order valence-electron chi connectivity index (χ2n) is 5.88. The van der Waals surface area contributed by atoms with Gasteiger partial charge in [-0.05, 0) is 45.6 Å². The second-order valence-corrected chi connectivity index (χ2v) is 6.80. The van der Waals surface area contributed by atoms with E-state index in [1.807, 2.05) is 12.1 Å². The van der Waals surface area contributed by atoms with Gasteiger partial charge in [0.1, 0.15) is 17.6 Å². The number of nitrogens with zero attached hydrogens (tertiary/aromatic N) is 2. The van der Waals surface area contributed by atoms with Crippen molar-refractivity contribution in [1.29, 1.82) is 0 Å². The topological polar surface area (TPSA) is 29.9 Å². The van der Waals surface area contributed by atoms with Crippen LogP contribution in [0.4, 0.5) is 0 Å². The lowest BCUT2D eigenvalue weighted by Crippen LogP contribution is -2.32. The average molecular weight is 360 g/mol. The predicted molar refractivity (Wildman–Crippen MR) is 91.7 cm³/mol. The molecule has 0 radical (unpaired) electrons. The summed E-state index contributed by atoms with van der Waals surface area (Å²) < 4.78 is 9.12. The fourth-order valence-corrected chi connectivity index (χ4v) is 3.04. The SMILES string of the molecule is CCC[n+]1cc(Br)cc(-c2nc3cc(C(C)C)ccc3o2)c1. The molecule has 0 aliphatic heterocycles. The summed E-state index contributed by atoms with van der Waals surface area (Å²) >= 11 is 3.56. The average Bonchev–Trinajstić information content (AvgIpc) is 2.89. The fraction of sp³-hybridized carbons (Fsp3) is 0.333. The third-order valence-corrected chi connectivity index (χ3v) is 4.13. The Kier molecular flexibility index (Phi) is 4.30. The smallest absolute Gasteiger partial charge is 0.233 e. The molecule has 3 aromatic rings. The van der Waals surface area contributed by atoms with E-state index in [1.54, 1.807) is 0 Å².